The number of hydrogen-bond donors (Lipinski definition) is 1. The van der Waals surface area contributed by atoms with Crippen molar-refractivity contribution in [1.29, 1.82) is 5.26 Å². The highest BCUT2D eigenvalue weighted by Gasteiger charge is 2.09. The molecule has 5 nitrogen and oxygen atoms in total. The molecule has 0 aromatic carbocycles. The van der Waals surface area contributed by atoms with Gasteiger partial charge in [0.05, 0.1) is 6.07 Å². The van der Waals surface area contributed by atoms with E-state index < -0.39 is 11.9 Å². The van der Waals surface area contributed by atoms with Crippen molar-refractivity contribution >= 4 is 12.3 Å². The summed E-state index contributed by atoms with van der Waals surface area (Å²) in [6.07, 6.45) is 2.53. The van der Waals surface area contributed by atoms with Crippen molar-refractivity contribution < 1.29 is 9.53 Å². The Morgan fingerprint density at radius 3 is 3.00 bits per heavy atom. The Morgan fingerprint density at radius 1 is 1.92 bits per heavy atom. The first-order valence-corrected chi connectivity index (χ1v) is 3.15. The second kappa shape index (κ2) is 5.92. The zero-order valence-corrected chi connectivity index (χ0v) is 6.43. The lowest BCUT2D eigenvalue weighted by Gasteiger charge is -1.96. The molecule has 64 valence electrons. The summed E-state index contributed by atoms with van der Waals surface area (Å²) in [6, 6.07) is 0.429. The van der Waals surface area contributed by atoms with Gasteiger partial charge in [-0.15, -0.1) is 0 Å². The fourth-order valence-electron chi connectivity index (χ4n) is 0.385. The first-order valence-electron chi connectivity index (χ1n) is 3.15. The SMILES string of the molecule is C=CCO/C=N\C(C#N)C(N)=O. The van der Waals surface area contributed by atoms with Gasteiger partial charge in [0.15, 0.2) is 6.40 Å². The molecule has 0 bridgehead atoms. The average molecular weight is 167 g/mol. The van der Waals surface area contributed by atoms with Crippen LogP contribution < -0.4 is 5.73 Å². The Morgan fingerprint density at radius 2 is 2.58 bits per heavy atom. The molecule has 0 spiro atoms. The van der Waals surface area contributed by atoms with Crippen molar-refractivity contribution in [2.24, 2.45) is 10.7 Å². The molecule has 12 heavy (non-hydrogen) atoms. The maximum Gasteiger partial charge on any atom is 0.257 e. The topological polar surface area (TPSA) is 88.5 Å². The summed E-state index contributed by atoms with van der Waals surface area (Å²) >= 11 is 0. The van der Waals surface area contributed by atoms with E-state index in [4.69, 9.17) is 15.7 Å². The Hall–Kier alpha value is -1.83. The molecule has 0 aliphatic carbocycles. The highest BCUT2D eigenvalue weighted by atomic mass is 16.5. The van der Waals surface area contributed by atoms with Crippen LogP contribution in [0, 0.1) is 11.3 Å². The Kier molecular flexibility index (Phi) is 5.02. The summed E-state index contributed by atoms with van der Waals surface area (Å²) in [4.78, 5) is 13.9. The van der Waals surface area contributed by atoms with Crippen molar-refractivity contribution in [2.45, 2.75) is 6.04 Å². The third-order valence-electron chi connectivity index (χ3n) is 0.890. The average Bonchev–Trinajstić information content (AvgIpc) is 2.04. The van der Waals surface area contributed by atoms with Gasteiger partial charge in [-0.3, -0.25) is 4.79 Å². The number of aliphatic imine (C=N–C) groups is 1. The van der Waals surface area contributed by atoms with Gasteiger partial charge in [0, 0.05) is 0 Å². The van der Waals surface area contributed by atoms with Gasteiger partial charge >= 0.3 is 0 Å². The number of rotatable bonds is 5. The standard InChI is InChI=1S/C7H9N3O2/c1-2-3-12-5-10-6(4-8)7(9)11/h2,5-6H,1,3H2,(H2,9,11)/b10-5-. The van der Waals surface area contributed by atoms with E-state index in [-0.39, 0.29) is 6.61 Å². The van der Waals surface area contributed by atoms with Crippen molar-refractivity contribution in [3.05, 3.63) is 12.7 Å². The van der Waals surface area contributed by atoms with Gasteiger partial charge in [-0.1, -0.05) is 12.7 Å². The number of carbonyl (C=O) groups excluding carboxylic acids is 1. The Bertz CT molecular complexity index is 229. The fourth-order valence-corrected chi connectivity index (χ4v) is 0.385. The predicted molar refractivity (Wildman–Crippen MR) is 43.2 cm³/mol. The number of hydrogen-bond acceptors (Lipinski definition) is 4. The van der Waals surface area contributed by atoms with E-state index in [1.54, 1.807) is 6.07 Å². The summed E-state index contributed by atoms with van der Waals surface area (Å²) in [5.41, 5.74) is 4.81. The largest absolute Gasteiger partial charge is 0.479 e. The van der Waals surface area contributed by atoms with Crippen LogP contribution in [-0.2, 0) is 9.53 Å². The Balaban J connectivity index is 3.87. The second-order valence-electron chi connectivity index (χ2n) is 1.81. The summed E-state index contributed by atoms with van der Waals surface area (Å²) < 4.78 is 4.70. The maximum atomic E-state index is 10.4. The molecule has 0 aliphatic rings. The molecule has 1 atom stereocenters. The summed E-state index contributed by atoms with van der Waals surface area (Å²) in [5.74, 6) is -0.795. The molecule has 0 heterocycles. The molecular formula is C7H9N3O2. The number of nitriles is 1. The molecule has 1 unspecified atom stereocenters. The van der Waals surface area contributed by atoms with Gasteiger partial charge in [0.1, 0.15) is 6.61 Å². The van der Waals surface area contributed by atoms with Crippen LogP contribution in [0.5, 0.6) is 0 Å². The van der Waals surface area contributed by atoms with Crippen molar-refractivity contribution in [3.63, 3.8) is 0 Å². The van der Waals surface area contributed by atoms with Gasteiger partial charge in [-0.25, -0.2) is 4.99 Å². The zero-order chi connectivity index (χ0) is 9.40. The molecule has 0 rings (SSSR count). The first-order chi connectivity index (χ1) is 5.72. The number of nitrogens with two attached hydrogens (primary N) is 1. The number of carbonyl (C=O) groups is 1. The third-order valence-corrected chi connectivity index (χ3v) is 0.890. The molecule has 0 fully saturated rings. The second-order valence-corrected chi connectivity index (χ2v) is 1.81. The minimum absolute atomic E-state index is 0.278. The molecule has 0 saturated carbocycles. The maximum absolute atomic E-state index is 10.4. The molecule has 0 radical (unpaired) electrons. The molecule has 5 heteroatoms. The summed E-state index contributed by atoms with van der Waals surface area (Å²) in [7, 11) is 0. The van der Waals surface area contributed by atoms with Crippen LogP contribution in [0.1, 0.15) is 0 Å². The highest BCUT2D eigenvalue weighted by molar-refractivity contribution is 5.83. The zero-order valence-electron chi connectivity index (χ0n) is 6.43. The molecule has 0 aromatic rings. The van der Waals surface area contributed by atoms with E-state index in [2.05, 4.69) is 11.6 Å². The lowest BCUT2D eigenvalue weighted by molar-refractivity contribution is -0.118. The molecular weight excluding hydrogens is 158 g/mol. The van der Waals surface area contributed by atoms with Gasteiger partial charge in [-0.2, -0.15) is 5.26 Å². The van der Waals surface area contributed by atoms with Crippen LogP contribution in [0.2, 0.25) is 0 Å². The van der Waals surface area contributed by atoms with Crippen LogP contribution >= 0.6 is 0 Å². The number of nitrogens with zero attached hydrogens (tertiary/aromatic N) is 2. The van der Waals surface area contributed by atoms with Crippen LogP contribution in [0.4, 0.5) is 0 Å². The van der Waals surface area contributed by atoms with Gasteiger partial charge in [-0.05, 0) is 0 Å². The summed E-state index contributed by atoms with van der Waals surface area (Å²) in [6.45, 7) is 3.67. The lowest BCUT2D eigenvalue weighted by Crippen LogP contribution is -2.25. The lowest BCUT2D eigenvalue weighted by atomic mass is 10.3. The smallest absolute Gasteiger partial charge is 0.257 e. The van der Waals surface area contributed by atoms with Gasteiger partial charge < -0.3 is 10.5 Å². The highest BCUT2D eigenvalue weighted by Crippen LogP contribution is 1.85. The van der Waals surface area contributed by atoms with Crippen molar-refractivity contribution in [3.8, 4) is 6.07 Å². The number of primary amides is 1. The van der Waals surface area contributed by atoms with Crippen LogP contribution in [0.15, 0.2) is 17.6 Å². The predicted octanol–water partition coefficient (Wildman–Crippen LogP) is -0.405. The number of ether oxygens (including phenoxy) is 1. The van der Waals surface area contributed by atoms with E-state index in [1.165, 1.54) is 6.08 Å². The first kappa shape index (κ1) is 10.2. The minimum Gasteiger partial charge on any atom is -0.479 e. The van der Waals surface area contributed by atoms with Crippen LogP contribution in [-0.4, -0.2) is 25.0 Å². The van der Waals surface area contributed by atoms with E-state index >= 15 is 0 Å². The third kappa shape index (κ3) is 4.06. The van der Waals surface area contributed by atoms with Gasteiger partial charge in [0.2, 0.25) is 6.04 Å². The number of amides is 1. The molecule has 0 saturated heterocycles. The molecule has 0 aromatic heterocycles. The molecule has 0 aliphatic heterocycles. The van der Waals surface area contributed by atoms with Crippen molar-refractivity contribution in [2.75, 3.05) is 6.61 Å². The summed E-state index contributed by atoms with van der Waals surface area (Å²) in [5, 5.41) is 8.31. The molecule has 1 amide bonds. The monoisotopic (exact) mass is 167 g/mol. The molecule has 2 N–H and O–H groups in total. The van der Waals surface area contributed by atoms with E-state index in [0.29, 0.717) is 0 Å². The quantitative estimate of drug-likeness (QED) is 0.261. The van der Waals surface area contributed by atoms with Crippen molar-refractivity contribution in [1.82, 2.24) is 0 Å². The van der Waals surface area contributed by atoms with Gasteiger partial charge in [0.25, 0.3) is 5.91 Å². The Labute approximate surface area is 70.1 Å². The van der Waals surface area contributed by atoms with E-state index in [1.807, 2.05) is 0 Å². The van der Waals surface area contributed by atoms with E-state index in [0.717, 1.165) is 6.40 Å². The normalized spacial score (nSPS) is 11.9. The van der Waals surface area contributed by atoms with Crippen LogP contribution in [0.25, 0.3) is 0 Å². The minimum atomic E-state index is -1.17. The van der Waals surface area contributed by atoms with Crippen LogP contribution in [0.3, 0.4) is 0 Å². The van der Waals surface area contributed by atoms with E-state index in [9.17, 15) is 4.79 Å². The fraction of sp³-hybridized carbons (Fsp3) is 0.286.